The zero-order valence-corrected chi connectivity index (χ0v) is 5.68. The molecule has 0 amide bonds. The number of hydrogen-bond donors (Lipinski definition) is 1. The Kier molecular flexibility index (Phi) is 3.01. The van der Waals surface area contributed by atoms with Crippen molar-refractivity contribution in [1.82, 2.24) is 0 Å². The molecule has 0 aromatic heterocycles. The summed E-state index contributed by atoms with van der Waals surface area (Å²) in [7, 11) is 0. The first kappa shape index (κ1) is 7.03. The van der Waals surface area contributed by atoms with Crippen LogP contribution in [-0.4, -0.2) is 24.4 Å². The molecule has 0 aromatic carbocycles. The van der Waals surface area contributed by atoms with Gasteiger partial charge in [0.05, 0.1) is 12.7 Å². The van der Waals surface area contributed by atoms with Crippen molar-refractivity contribution in [3.63, 3.8) is 0 Å². The van der Waals surface area contributed by atoms with Gasteiger partial charge < -0.3 is 9.84 Å². The van der Waals surface area contributed by atoms with Crippen LogP contribution in [0.25, 0.3) is 0 Å². The summed E-state index contributed by atoms with van der Waals surface area (Å²) in [5.41, 5.74) is 0. The Morgan fingerprint density at radius 1 is 1.33 bits per heavy atom. The first-order valence-corrected chi connectivity index (χ1v) is 3.66. The maximum atomic E-state index is 8.42. The highest BCUT2D eigenvalue weighted by Gasteiger charge is 2.20. The number of aliphatic hydroxyl groups is 1. The predicted molar refractivity (Wildman–Crippen MR) is 35.3 cm³/mol. The Hall–Kier alpha value is -0.0800. The van der Waals surface area contributed by atoms with Crippen LogP contribution in [0.15, 0.2) is 0 Å². The zero-order chi connectivity index (χ0) is 6.53. The molecule has 1 N–H and O–H groups in total. The minimum atomic E-state index is 0.339. The van der Waals surface area contributed by atoms with Gasteiger partial charge in [0, 0.05) is 6.61 Å². The smallest absolute Gasteiger partial charge is 0.0810 e. The molecule has 54 valence electrons. The summed E-state index contributed by atoms with van der Waals surface area (Å²) in [6, 6.07) is 0. The van der Waals surface area contributed by atoms with Crippen LogP contribution in [0.3, 0.4) is 0 Å². The summed E-state index contributed by atoms with van der Waals surface area (Å²) < 4.78 is 5.03. The molecule has 1 heterocycles. The average molecular weight is 130 g/mol. The van der Waals surface area contributed by atoms with Crippen LogP contribution < -0.4 is 0 Å². The summed E-state index contributed by atoms with van der Waals surface area (Å²) in [5.74, 6) is 0. The van der Waals surface area contributed by atoms with Crippen molar-refractivity contribution in [3.05, 3.63) is 0 Å². The molecule has 2 nitrogen and oxygen atoms in total. The Morgan fingerprint density at radius 2 is 2.11 bits per heavy atom. The Bertz CT molecular complexity index is 69.3. The maximum Gasteiger partial charge on any atom is 0.0810 e. The van der Waals surface area contributed by atoms with E-state index in [9.17, 15) is 0 Å². The summed E-state index contributed by atoms with van der Waals surface area (Å²) >= 11 is 0. The number of hydrogen-bond acceptors (Lipinski definition) is 2. The van der Waals surface area contributed by atoms with Crippen LogP contribution in [0.4, 0.5) is 0 Å². The molecular formula is C7H14O2. The van der Waals surface area contributed by atoms with Gasteiger partial charge in [0.1, 0.15) is 0 Å². The van der Waals surface area contributed by atoms with Gasteiger partial charge in [-0.05, 0) is 12.8 Å². The number of ether oxygens (including phenoxy) is 1. The minimum absolute atomic E-state index is 0.339. The molecule has 1 aliphatic heterocycles. The van der Waals surface area contributed by atoms with Crippen LogP contribution >= 0.6 is 0 Å². The lowest BCUT2D eigenvalue weighted by Crippen LogP contribution is -1.87. The fourth-order valence-electron chi connectivity index (χ4n) is 0.895. The van der Waals surface area contributed by atoms with Crippen molar-refractivity contribution in [2.75, 3.05) is 13.2 Å². The molecule has 0 radical (unpaired) electrons. The number of aliphatic hydroxyl groups excluding tert-OH is 1. The summed E-state index contributed by atoms with van der Waals surface area (Å²) in [4.78, 5) is 0. The number of unbranched alkanes of at least 4 members (excludes halogenated alkanes) is 2. The van der Waals surface area contributed by atoms with Gasteiger partial charge in [-0.3, -0.25) is 0 Å². The van der Waals surface area contributed by atoms with Crippen molar-refractivity contribution in [3.8, 4) is 0 Å². The lowest BCUT2D eigenvalue weighted by Gasteiger charge is -1.93. The molecule has 0 spiro atoms. The van der Waals surface area contributed by atoms with Gasteiger partial charge in [-0.25, -0.2) is 0 Å². The topological polar surface area (TPSA) is 32.8 Å². The zero-order valence-electron chi connectivity index (χ0n) is 5.68. The normalized spacial score (nSPS) is 24.3. The van der Waals surface area contributed by atoms with E-state index in [4.69, 9.17) is 9.84 Å². The number of rotatable bonds is 5. The van der Waals surface area contributed by atoms with E-state index < -0.39 is 0 Å². The summed E-state index contributed by atoms with van der Waals surface area (Å²) in [6.07, 6.45) is 5.08. The Morgan fingerprint density at radius 3 is 2.67 bits per heavy atom. The maximum absolute atomic E-state index is 8.42. The van der Waals surface area contributed by atoms with E-state index in [1.165, 1.54) is 12.8 Å². The molecule has 9 heavy (non-hydrogen) atoms. The lowest BCUT2D eigenvalue weighted by atomic mass is 10.2. The van der Waals surface area contributed by atoms with Crippen molar-refractivity contribution in [2.45, 2.75) is 31.8 Å². The third-order valence-corrected chi connectivity index (χ3v) is 1.59. The largest absolute Gasteiger partial charge is 0.396 e. The van der Waals surface area contributed by atoms with E-state index in [1.54, 1.807) is 0 Å². The van der Waals surface area contributed by atoms with Crippen molar-refractivity contribution in [2.24, 2.45) is 0 Å². The molecule has 1 saturated heterocycles. The molecule has 0 aromatic rings. The fraction of sp³-hybridized carbons (Fsp3) is 1.00. The Labute approximate surface area is 55.8 Å². The van der Waals surface area contributed by atoms with Gasteiger partial charge in [0.25, 0.3) is 0 Å². The molecule has 1 fully saturated rings. The molecule has 1 atom stereocenters. The standard InChI is InChI=1S/C7H14O2/c8-5-3-1-2-4-7-6-9-7/h7-8H,1-6H2/t7-/m0/s1. The van der Waals surface area contributed by atoms with Crippen molar-refractivity contribution >= 4 is 0 Å². The van der Waals surface area contributed by atoms with E-state index in [0.29, 0.717) is 12.7 Å². The molecule has 1 rings (SSSR count). The molecule has 0 bridgehead atoms. The summed E-state index contributed by atoms with van der Waals surface area (Å²) in [5, 5.41) is 8.42. The molecule has 0 unspecified atom stereocenters. The summed E-state index contributed by atoms with van der Waals surface area (Å²) in [6.45, 7) is 1.31. The first-order chi connectivity index (χ1) is 4.43. The van der Waals surface area contributed by atoms with E-state index in [2.05, 4.69) is 0 Å². The van der Waals surface area contributed by atoms with Crippen molar-refractivity contribution < 1.29 is 9.84 Å². The van der Waals surface area contributed by atoms with Crippen LogP contribution in [0.2, 0.25) is 0 Å². The molecule has 0 saturated carbocycles. The highest BCUT2D eigenvalue weighted by molar-refractivity contribution is 4.67. The van der Waals surface area contributed by atoms with Gasteiger partial charge in [-0.2, -0.15) is 0 Å². The van der Waals surface area contributed by atoms with Gasteiger partial charge in [0.2, 0.25) is 0 Å². The van der Waals surface area contributed by atoms with Gasteiger partial charge in [-0.15, -0.1) is 0 Å². The van der Waals surface area contributed by atoms with E-state index >= 15 is 0 Å². The highest BCUT2D eigenvalue weighted by atomic mass is 16.6. The first-order valence-electron chi connectivity index (χ1n) is 3.66. The second kappa shape index (κ2) is 3.85. The second-order valence-electron chi connectivity index (χ2n) is 2.53. The monoisotopic (exact) mass is 130 g/mol. The van der Waals surface area contributed by atoms with Crippen LogP contribution in [0.1, 0.15) is 25.7 Å². The van der Waals surface area contributed by atoms with Gasteiger partial charge in [0.15, 0.2) is 0 Å². The third-order valence-electron chi connectivity index (χ3n) is 1.59. The molecular weight excluding hydrogens is 116 g/mol. The van der Waals surface area contributed by atoms with E-state index in [0.717, 1.165) is 19.4 Å². The minimum Gasteiger partial charge on any atom is -0.396 e. The molecule has 1 aliphatic rings. The Balaban J connectivity index is 1.71. The molecule has 0 aliphatic carbocycles. The van der Waals surface area contributed by atoms with Crippen LogP contribution in [0, 0.1) is 0 Å². The third kappa shape index (κ3) is 3.49. The lowest BCUT2D eigenvalue weighted by molar-refractivity contribution is 0.280. The quantitative estimate of drug-likeness (QED) is 0.443. The van der Waals surface area contributed by atoms with Crippen LogP contribution in [-0.2, 0) is 4.74 Å². The highest BCUT2D eigenvalue weighted by Crippen LogP contribution is 2.16. The number of epoxide rings is 1. The van der Waals surface area contributed by atoms with E-state index in [1.807, 2.05) is 0 Å². The van der Waals surface area contributed by atoms with Crippen LogP contribution in [0.5, 0.6) is 0 Å². The SMILES string of the molecule is OCCCCC[C@H]1CO1. The fourth-order valence-corrected chi connectivity index (χ4v) is 0.895. The van der Waals surface area contributed by atoms with E-state index in [-0.39, 0.29) is 0 Å². The second-order valence-corrected chi connectivity index (χ2v) is 2.53. The predicted octanol–water partition coefficient (Wildman–Crippen LogP) is 0.938. The van der Waals surface area contributed by atoms with Crippen molar-refractivity contribution in [1.29, 1.82) is 0 Å². The van der Waals surface area contributed by atoms with Gasteiger partial charge >= 0.3 is 0 Å². The average Bonchev–Trinajstić information content (AvgIpc) is 2.63. The molecule has 2 heteroatoms. The van der Waals surface area contributed by atoms with Gasteiger partial charge in [-0.1, -0.05) is 12.8 Å².